The van der Waals surface area contributed by atoms with Crippen LogP contribution in [0.3, 0.4) is 0 Å². The average molecular weight is 275 g/mol. The monoisotopic (exact) mass is 275 g/mol. The average Bonchev–Trinajstić information content (AvgIpc) is 3.23. The van der Waals surface area contributed by atoms with Gasteiger partial charge in [-0.05, 0) is 62.3 Å². The third kappa shape index (κ3) is 4.26. The van der Waals surface area contributed by atoms with Crippen molar-refractivity contribution in [3.63, 3.8) is 0 Å². The number of aryl methyl sites for hydroxylation is 2. The summed E-state index contributed by atoms with van der Waals surface area (Å²) in [6.45, 7) is 8.13. The Hall–Kier alpha value is -1.51. The van der Waals surface area contributed by atoms with Crippen LogP contribution in [0.25, 0.3) is 0 Å². The number of ether oxygens (including phenoxy) is 1. The Bertz CT molecular complexity index is 466. The number of benzene rings is 1. The maximum Gasteiger partial charge on any atom is 0.260 e. The van der Waals surface area contributed by atoms with Crippen LogP contribution in [0.5, 0.6) is 5.75 Å². The Morgan fingerprint density at radius 3 is 2.65 bits per heavy atom. The summed E-state index contributed by atoms with van der Waals surface area (Å²) in [5.41, 5.74) is 2.43. The molecule has 1 aromatic rings. The van der Waals surface area contributed by atoms with Gasteiger partial charge in [-0.2, -0.15) is 0 Å². The Morgan fingerprint density at radius 1 is 1.30 bits per heavy atom. The van der Waals surface area contributed by atoms with Gasteiger partial charge in [0.25, 0.3) is 5.91 Å². The smallest absolute Gasteiger partial charge is 0.260 e. The number of rotatable bonds is 7. The first-order chi connectivity index (χ1) is 9.60. The van der Waals surface area contributed by atoms with E-state index in [0.717, 1.165) is 31.2 Å². The van der Waals surface area contributed by atoms with Gasteiger partial charge < -0.3 is 9.64 Å². The molecule has 0 N–H and O–H groups in total. The van der Waals surface area contributed by atoms with Gasteiger partial charge in [-0.3, -0.25) is 4.79 Å². The van der Waals surface area contributed by atoms with Crippen LogP contribution in [-0.4, -0.2) is 30.5 Å². The highest BCUT2D eigenvalue weighted by Crippen LogP contribution is 2.29. The van der Waals surface area contributed by atoms with Gasteiger partial charge in [0.15, 0.2) is 6.61 Å². The van der Waals surface area contributed by atoms with Gasteiger partial charge in [0.1, 0.15) is 5.75 Å². The normalized spacial score (nSPS) is 14.2. The second kappa shape index (κ2) is 6.78. The van der Waals surface area contributed by atoms with Crippen LogP contribution in [0.15, 0.2) is 18.2 Å². The fourth-order valence-corrected chi connectivity index (χ4v) is 2.24. The van der Waals surface area contributed by atoms with Gasteiger partial charge >= 0.3 is 0 Å². The van der Waals surface area contributed by atoms with E-state index in [2.05, 4.69) is 20.8 Å². The molecule has 3 heteroatoms. The number of nitrogens with zero attached hydrogens (tertiary/aromatic N) is 1. The number of carbonyl (C=O) groups excluding carboxylic acids is 1. The van der Waals surface area contributed by atoms with Crippen molar-refractivity contribution in [3.8, 4) is 5.75 Å². The number of amides is 1. The molecule has 0 spiro atoms. The summed E-state index contributed by atoms with van der Waals surface area (Å²) < 4.78 is 5.64. The Kier molecular flexibility index (Phi) is 5.05. The molecule has 0 atom stereocenters. The summed E-state index contributed by atoms with van der Waals surface area (Å²) in [5, 5.41) is 0. The summed E-state index contributed by atoms with van der Waals surface area (Å²) in [6.07, 6.45) is 3.54. The van der Waals surface area contributed by atoms with Crippen molar-refractivity contribution in [1.29, 1.82) is 0 Å². The molecule has 0 aromatic heterocycles. The molecule has 110 valence electrons. The molecule has 0 unspecified atom stereocenters. The Morgan fingerprint density at radius 2 is 2.05 bits per heavy atom. The summed E-state index contributed by atoms with van der Waals surface area (Å²) >= 11 is 0. The fraction of sp³-hybridized carbons (Fsp3) is 0.588. The van der Waals surface area contributed by atoms with E-state index in [1.165, 1.54) is 24.0 Å². The van der Waals surface area contributed by atoms with Gasteiger partial charge in [-0.15, -0.1) is 0 Å². The van der Waals surface area contributed by atoms with E-state index in [9.17, 15) is 4.79 Å². The third-order valence-corrected chi connectivity index (χ3v) is 3.86. The summed E-state index contributed by atoms with van der Waals surface area (Å²) in [4.78, 5) is 14.2. The molecule has 1 aliphatic rings. The summed E-state index contributed by atoms with van der Waals surface area (Å²) in [6, 6.07) is 5.96. The van der Waals surface area contributed by atoms with Crippen LogP contribution < -0.4 is 4.74 Å². The molecule has 2 rings (SSSR count). The predicted octanol–water partition coefficient (Wildman–Crippen LogP) is 3.33. The standard InChI is InChI=1S/C17H25NO2/c1-4-9-18(11-15-6-7-15)17(19)12-20-16-8-5-13(2)14(3)10-16/h5,8,10,15H,4,6-7,9,11-12H2,1-3H3. The molecule has 0 radical (unpaired) electrons. The zero-order valence-electron chi connectivity index (χ0n) is 12.8. The summed E-state index contributed by atoms with van der Waals surface area (Å²) in [5.74, 6) is 1.62. The van der Waals surface area contributed by atoms with E-state index in [0.29, 0.717) is 0 Å². The second-order valence-corrected chi connectivity index (χ2v) is 5.82. The first-order valence-electron chi connectivity index (χ1n) is 7.58. The van der Waals surface area contributed by atoms with Crippen molar-refractivity contribution in [2.75, 3.05) is 19.7 Å². The molecule has 20 heavy (non-hydrogen) atoms. The van der Waals surface area contributed by atoms with Crippen molar-refractivity contribution < 1.29 is 9.53 Å². The van der Waals surface area contributed by atoms with E-state index in [1.807, 2.05) is 23.1 Å². The van der Waals surface area contributed by atoms with Gasteiger partial charge in [0.05, 0.1) is 0 Å². The van der Waals surface area contributed by atoms with Gasteiger partial charge in [0, 0.05) is 13.1 Å². The minimum absolute atomic E-state index is 0.108. The van der Waals surface area contributed by atoms with Crippen LogP contribution in [0, 0.1) is 19.8 Å². The summed E-state index contributed by atoms with van der Waals surface area (Å²) in [7, 11) is 0. The highest BCUT2D eigenvalue weighted by molar-refractivity contribution is 5.77. The van der Waals surface area contributed by atoms with E-state index < -0.39 is 0 Å². The molecule has 0 saturated heterocycles. The molecule has 0 bridgehead atoms. The van der Waals surface area contributed by atoms with Crippen LogP contribution in [0.1, 0.15) is 37.3 Å². The Labute approximate surface area is 121 Å². The van der Waals surface area contributed by atoms with Crippen molar-refractivity contribution in [1.82, 2.24) is 4.90 Å². The first kappa shape index (κ1) is 14.9. The lowest BCUT2D eigenvalue weighted by molar-refractivity contribution is -0.133. The number of hydrogen-bond acceptors (Lipinski definition) is 2. The minimum atomic E-state index is 0.108. The first-order valence-corrected chi connectivity index (χ1v) is 7.58. The molecule has 3 nitrogen and oxygen atoms in total. The SMILES string of the molecule is CCCN(CC1CC1)C(=O)COc1ccc(C)c(C)c1. The van der Waals surface area contributed by atoms with Gasteiger partial charge in [-0.25, -0.2) is 0 Å². The largest absolute Gasteiger partial charge is 0.484 e. The van der Waals surface area contributed by atoms with Gasteiger partial charge in [-0.1, -0.05) is 13.0 Å². The van der Waals surface area contributed by atoms with E-state index in [1.54, 1.807) is 0 Å². The van der Waals surface area contributed by atoms with Crippen molar-refractivity contribution in [3.05, 3.63) is 29.3 Å². The van der Waals surface area contributed by atoms with Crippen LogP contribution >= 0.6 is 0 Å². The molecule has 1 amide bonds. The Balaban J connectivity index is 1.86. The fourth-order valence-electron chi connectivity index (χ4n) is 2.24. The lowest BCUT2D eigenvalue weighted by Gasteiger charge is -2.22. The zero-order valence-corrected chi connectivity index (χ0v) is 12.8. The zero-order chi connectivity index (χ0) is 14.5. The van der Waals surface area contributed by atoms with E-state index in [4.69, 9.17) is 4.74 Å². The van der Waals surface area contributed by atoms with Crippen molar-refractivity contribution in [2.24, 2.45) is 5.92 Å². The number of hydrogen-bond donors (Lipinski definition) is 0. The third-order valence-electron chi connectivity index (χ3n) is 3.86. The van der Waals surface area contributed by atoms with E-state index in [-0.39, 0.29) is 12.5 Å². The van der Waals surface area contributed by atoms with Crippen LogP contribution in [0.4, 0.5) is 0 Å². The minimum Gasteiger partial charge on any atom is -0.484 e. The predicted molar refractivity (Wildman–Crippen MR) is 81.0 cm³/mol. The molecule has 0 aliphatic heterocycles. The molecule has 1 fully saturated rings. The quantitative estimate of drug-likeness (QED) is 0.764. The topological polar surface area (TPSA) is 29.5 Å². The van der Waals surface area contributed by atoms with Gasteiger partial charge in [0.2, 0.25) is 0 Å². The highest BCUT2D eigenvalue weighted by atomic mass is 16.5. The molecular weight excluding hydrogens is 250 g/mol. The molecule has 1 saturated carbocycles. The second-order valence-electron chi connectivity index (χ2n) is 5.82. The number of carbonyl (C=O) groups is 1. The van der Waals surface area contributed by atoms with Crippen LogP contribution in [-0.2, 0) is 4.79 Å². The lowest BCUT2D eigenvalue weighted by atomic mass is 10.1. The molecule has 1 aliphatic carbocycles. The van der Waals surface area contributed by atoms with Crippen molar-refractivity contribution in [2.45, 2.75) is 40.0 Å². The maximum absolute atomic E-state index is 12.2. The molecule has 0 heterocycles. The van der Waals surface area contributed by atoms with Crippen molar-refractivity contribution >= 4 is 5.91 Å². The molecular formula is C17H25NO2. The van der Waals surface area contributed by atoms with Crippen LogP contribution in [0.2, 0.25) is 0 Å². The molecule has 1 aromatic carbocycles. The lowest BCUT2D eigenvalue weighted by Crippen LogP contribution is -2.37. The highest BCUT2D eigenvalue weighted by Gasteiger charge is 2.26. The van der Waals surface area contributed by atoms with E-state index >= 15 is 0 Å². The maximum atomic E-state index is 12.2.